The lowest BCUT2D eigenvalue weighted by molar-refractivity contribution is 0.630. The van der Waals surface area contributed by atoms with Crippen molar-refractivity contribution in [1.29, 1.82) is 0 Å². The van der Waals surface area contributed by atoms with Gasteiger partial charge in [-0.3, -0.25) is 0 Å². The van der Waals surface area contributed by atoms with Gasteiger partial charge in [0.2, 0.25) is 5.82 Å². The number of hydrogen-bond acceptors (Lipinski definition) is 4. The molecule has 0 saturated carbocycles. The summed E-state index contributed by atoms with van der Waals surface area (Å²) in [5.74, 6) is 0.619. The molecule has 74 valence electrons. The molecule has 2 heterocycles. The zero-order valence-electron chi connectivity index (χ0n) is 8.05. The Morgan fingerprint density at radius 3 is 3.07 bits per heavy atom. The quantitative estimate of drug-likeness (QED) is 0.629. The first-order valence-corrected chi connectivity index (χ1v) is 4.50. The second-order valence-electron chi connectivity index (χ2n) is 3.24. The Morgan fingerprint density at radius 1 is 1.33 bits per heavy atom. The Hall–Kier alpha value is -2.24. The Bertz CT molecular complexity index is 608. The fourth-order valence-electron chi connectivity index (χ4n) is 1.47. The van der Waals surface area contributed by atoms with Gasteiger partial charge in [-0.05, 0) is 23.4 Å². The van der Waals surface area contributed by atoms with Gasteiger partial charge < -0.3 is 4.98 Å². The first-order chi connectivity index (χ1) is 7.33. The summed E-state index contributed by atoms with van der Waals surface area (Å²) < 4.78 is 0. The lowest BCUT2D eigenvalue weighted by atomic mass is 10.2. The summed E-state index contributed by atoms with van der Waals surface area (Å²) in [4.78, 5) is 8.62. The molecule has 0 spiro atoms. The molecule has 0 aliphatic heterocycles. The molecular weight excluding hydrogens is 192 g/mol. The van der Waals surface area contributed by atoms with Gasteiger partial charge in [-0.15, -0.1) is 10.2 Å². The first-order valence-electron chi connectivity index (χ1n) is 4.50. The van der Waals surface area contributed by atoms with E-state index in [2.05, 4.69) is 25.4 Å². The number of fused-ring (bicyclic) bond motifs is 1. The van der Waals surface area contributed by atoms with Crippen LogP contribution in [-0.4, -0.2) is 30.2 Å². The summed E-state index contributed by atoms with van der Waals surface area (Å²) in [6.45, 7) is 0. The lowest BCUT2D eigenvalue weighted by Gasteiger charge is -1.93. The molecule has 1 aromatic carbocycles. The van der Waals surface area contributed by atoms with Gasteiger partial charge in [0.05, 0.1) is 24.4 Å². The molecule has 0 aliphatic rings. The normalized spacial score (nSPS) is 11.0. The molecule has 6 nitrogen and oxygen atoms in total. The molecular formula is C9H8N6. The molecule has 3 rings (SSSR count). The molecule has 3 aromatic rings. The van der Waals surface area contributed by atoms with E-state index >= 15 is 0 Å². The zero-order chi connectivity index (χ0) is 10.3. The van der Waals surface area contributed by atoms with Crippen molar-refractivity contribution in [2.75, 3.05) is 0 Å². The van der Waals surface area contributed by atoms with Crippen LogP contribution in [0.3, 0.4) is 0 Å². The highest BCUT2D eigenvalue weighted by Crippen LogP contribution is 2.18. The third-order valence-corrected chi connectivity index (χ3v) is 2.19. The minimum absolute atomic E-state index is 0.619. The van der Waals surface area contributed by atoms with Gasteiger partial charge in [0, 0.05) is 5.56 Å². The molecule has 0 radical (unpaired) electrons. The van der Waals surface area contributed by atoms with Crippen molar-refractivity contribution >= 4 is 11.0 Å². The van der Waals surface area contributed by atoms with E-state index < -0.39 is 0 Å². The van der Waals surface area contributed by atoms with E-state index in [1.165, 1.54) is 4.80 Å². The summed E-state index contributed by atoms with van der Waals surface area (Å²) in [7, 11) is 1.74. The van der Waals surface area contributed by atoms with E-state index in [-0.39, 0.29) is 0 Å². The molecule has 6 heteroatoms. The van der Waals surface area contributed by atoms with Crippen LogP contribution in [0.5, 0.6) is 0 Å². The van der Waals surface area contributed by atoms with Crippen molar-refractivity contribution in [2.24, 2.45) is 7.05 Å². The minimum Gasteiger partial charge on any atom is -0.345 e. The van der Waals surface area contributed by atoms with Gasteiger partial charge in [0.1, 0.15) is 0 Å². The maximum atomic E-state index is 4.14. The summed E-state index contributed by atoms with van der Waals surface area (Å²) in [5, 5.41) is 11.9. The van der Waals surface area contributed by atoms with Crippen LogP contribution in [0.25, 0.3) is 22.4 Å². The average molecular weight is 200 g/mol. The van der Waals surface area contributed by atoms with Crippen molar-refractivity contribution in [1.82, 2.24) is 30.2 Å². The summed E-state index contributed by atoms with van der Waals surface area (Å²) in [6, 6.07) is 5.82. The second kappa shape index (κ2) is 2.88. The summed E-state index contributed by atoms with van der Waals surface area (Å²) in [6.07, 6.45) is 1.67. The molecule has 0 unspecified atom stereocenters. The SMILES string of the molecule is Cn1nnc(-c2ccc3nc[nH]c3c2)n1. The highest BCUT2D eigenvalue weighted by Gasteiger charge is 2.05. The van der Waals surface area contributed by atoms with Crippen molar-refractivity contribution in [2.45, 2.75) is 0 Å². The first kappa shape index (κ1) is 8.10. The Morgan fingerprint density at radius 2 is 2.27 bits per heavy atom. The van der Waals surface area contributed by atoms with Crippen LogP contribution in [0.1, 0.15) is 0 Å². The van der Waals surface area contributed by atoms with Crippen LogP contribution in [0.4, 0.5) is 0 Å². The molecule has 0 atom stereocenters. The van der Waals surface area contributed by atoms with E-state index in [9.17, 15) is 0 Å². The van der Waals surface area contributed by atoms with E-state index in [0.717, 1.165) is 16.6 Å². The van der Waals surface area contributed by atoms with Crippen molar-refractivity contribution < 1.29 is 0 Å². The topological polar surface area (TPSA) is 72.3 Å². The van der Waals surface area contributed by atoms with Crippen LogP contribution in [0.15, 0.2) is 24.5 Å². The molecule has 0 amide bonds. The van der Waals surface area contributed by atoms with Gasteiger partial charge >= 0.3 is 0 Å². The van der Waals surface area contributed by atoms with Gasteiger partial charge in [-0.1, -0.05) is 0 Å². The van der Waals surface area contributed by atoms with Gasteiger partial charge in [0.25, 0.3) is 0 Å². The number of benzene rings is 1. The summed E-state index contributed by atoms with van der Waals surface area (Å²) >= 11 is 0. The number of rotatable bonds is 1. The monoisotopic (exact) mass is 200 g/mol. The molecule has 0 fully saturated rings. The number of aryl methyl sites for hydroxylation is 1. The number of hydrogen-bond donors (Lipinski definition) is 1. The van der Waals surface area contributed by atoms with E-state index in [4.69, 9.17) is 0 Å². The second-order valence-corrected chi connectivity index (χ2v) is 3.24. The minimum atomic E-state index is 0.619. The standard InChI is InChI=1S/C9H8N6/c1-15-13-9(12-14-15)6-2-3-7-8(4-6)11-5-10-7/h2-5H,1H3,(H,10,11). The van der Waals surface area contributed by atoms with E-state index in [1.807, 2.05) is 18.2 Å². The third-order valence-electron chi connectivity index (χ3n) is 2.19. The maximum Gasteiger partial charge on any atom is 0.204 e. The largest absolute Gasteiger partial charge is 0.345 e. The summed E-state index contributed by atoms with van der Waals surface area (Å²) in [5.41, 5.74) is 2.84. The van der Waals surface area contributed by atoms with Crippen molar-refractivity contribution in [3.63, 3.8) is 0 Å². The number of nitrogens with one attached hydrogen (secondary N) is 1. The fourth-order valence-corrected chi connectivity index (χ4v) is 1.47. The predicted molar refractivity (Wildman–Crippen MR) is 53.9 cm³/mol. The number of tetrazole rings is 1. The van der Waals surface area contributed by atoms with Crippen LogP contribution < -0.4 is 0 Å². The molecule has 0 bridgehead atoms. The van der Waals surface area contributed by atoms with Crippen LogP contribution in [-0.2, 0) is 7.05 Å². The molecule has 15 heavy (non-hydrogen) atoms. The highest BCUT2D eigenvalue weighted by molar-refractivity contribution is 5.79. The smallest absolute Gasteiger partial charge is 0.204 e. The van der Waals surface area contributed by atoms with E-state index in [1.54, 1.807) is 13.4 Å². The molecule has 0 saturated heterocycles. The van der Waals surface area contributed by atoms with Crippen LogP contribution >= 0.6 is 0 Å². The average Bonchev–Trinajstić information content (AvgIpc) is 2.84. The van der Waals surface area contributed by atoms with Gasteiger partial charge in [-0.2, -0.15) is 4.80 Å². The molecule has 0 aliphatic carbocycles. The predicted octanol–water partition coefficient (Wildman–Crippen LogP) is 0.753. The Labute approximate surface area is 84.9 Å². The molecule has 1 N–H and O–H groups in total. The Kier molecular flexibility index (Phi) is 1.55. The lowest BCUT2D eigenvalue weighted by Crippen LogP contribution is -1.91. The number of aromatic amines is 1. The van der Waals surface area contributed by atoms with Crippen molar-refractivity contribution in [3.05, 3.63) is 24.5 Å². The van der Waals surface area contributed by atoms with Gasteiger partial charge in [-0.25, -0.2) is 4.98 Å². The zero-order valence-corrected chi connectivity index (χ0v) is 8.05. The fraction of sp³-hybridized carbons (Fsp3) is 0.111. The number of H-pyrrole nitrogens is 1. The number of nitrogens with zero attached hydrogens (tertiary/aromatic N) is 5. The molecule has 2 aromatic heterocycles. The van der Waals surface area contributed by atoms with Gasteiger partial charge in [0.15, 0.2) is 0 Å². The van der Waals surface area contributed by atoms with E-state index in [0.29, 0.717) is 5.82 Å². The number of imidazole rings is 1. The Balaban J connectivity index is 2.18. The van der Waals surface area contributed by atoms with Crippen LogP contribution in [0, 0.1) is 0 Å². The highest BCUT2D eigenvalue weighted by atomic mass is 15.6. The number of aromatic nitrogens is 6. The van der Waals surface area contributed by atoms with Crippen LogP contribution in [0.2, 0.25) is 0 Å². The third kappa shape index (κ3) is 1.26. The van der Waals surface area contributed by atoms with Crippen molar-refractivity contribution in [3.8, 4) is 11.4 Å². The maximum absolute atomic E-state index is 4.14.